The zero-order valence-electron chi connectivity index (χ0n) is 17.4. The van der Waals surface area contributed by atoms with Crippen molar-refractivity contribution in [3.63, 3.8) is 0 Å². The Morgan fingerprint density at radius 3 is 2.10 bits per heavy atom. The van der Waals surface area contributed by atoms with Crippen LogP contribution in [0.1, 0.15) is 11.1 Å². The zero-order chi connectivity index (χ0) is 22.1. The van der Waals surface area contributed by atoms with Gasteiger partial charge in [-0.2, -0.15) is 0 Å². The summed E-state index contributed by atoms with van der Waals surface area (Å²) in [7, 11) is 0.917. The molecule has 0 saturated heterocycles. The molecule has 0 fully saturated rings. The number of hydrogen-bond acceptors (Lipinski definition) is 6. The maximum absolute atomic E-state index is 12.2. The number of ether oxygens (including phenoxy) is 3. The lowest BCUT2D eigenvalue weighted by Gasteiger charge is -2.12. The third-order valence-corrected chi connectivity index (χ3v) is 5.64. The minimum atomic E-state index is -3.61. The number of carbonyl (C=O) groups excluding carboxylic acids is 1. The molecule has 2 aromatic rings. The first-order valence-electron chi connectivity index (χ1n) is 9.13. The largest absolute Gasteiger partial charge is 0.493 e. The highest BCUT2D eigenvalue weighted by atomic mass is 32.2. The molecule has 0 radical (unpaired) electrons. The Bertz CT molecular complexity index is 976. The van der Waals surface area contributed by atoms with Crippen LogP contribution in [0, 0.1) is 6.92 Å². The van der Waals surface area contributed by atoms with E-state index in [4.69, 9.17) is 14.2 Å². The summed E-state index contributed by atoms with van der Waals surface area (Å²) in [5.41, 5.74) is 1.65. The first kappa shape index (κ1) is 23.2. The Hall–Kier alpha value is -3.04. The van der Waals surface area contributed by atoms with Gasteiger partial charge in [0.25, 0.3) is 0 Å². The Balaban J connectivity index is 1.90. The topological polar surface area (TPSA) is 103 Å². The van der Waals surface area contributed by atoms with Gasteiger partial charge in [0.15, 0.2) is 11.5 Å². The molecule has 0 aliphatic rings. The van der Waals surface area contributed by atoms with Gasteiger partial charge in [-0.1, -0.05) is 17.7 Å². The van der Waals surface area contributed by atoms with Crippen LogP contribution in [-0.4, -0.2) is 48.7 Å². The van der Waals surface area contributed by atoms with Crippen LogP contribution >= 0.6 is 0 Å². The van der Waals surface area contributed by atoms with Crippen molar-refractivity contribution in [3.8, 4) is 17.2 Å². The molecule has 0 saturated carbocycles. The lowest BCUT2D eigenvalue weighted by atomic mass is 10.1. The summed E-state index contributed by atoms with van der Waals surface area (Å²) < 4.78 is 42.7. The number of methoxy groups -OCH3 is 3. The van der Waals surface area contributed by atoms with E-state index < -0.39 is 10.0 Å². The molecule has 1 amide bonds. The smallest absolute Gasteiger partial charge is 0.244 e. The first-order chi connectivity index (χ1) is 14.3. The fraction of sp³-hybridized carbons (Fsp3) is 0.286. The van der Waals surface area contributed by atoms with E-state index in [9.17, 15) is 13.2 Å². The van der Waals surface area contributed by atoms with Crippen molar-refractivity contribution in [3.05, 3.63) is 53.6 Å². The molecule has 0 unspecified atom stereocenters. The average molecular weight is 435 g/mol. The number of amides is 1. The quantitative estimate of drug-likeness (QED) is 0.439. The standard InChI is InChI=1S/C21H26N2O6S/c1-15-5-8-17(9-6-15)30(25,26)23-12-11-22-20(24)10-7-16-13-18(27-2)21(29-4)19(14-16)28-3/h5-10,13-14,23H,11-12H2,1-4H3,(H,22,24). The molecule has 0 aromatic heterocycles. The molecule has 0 bridgehead atoms. The summed E-state index contributed by atoms with van der Waals surface area (Å²) in [5, 5.41) is 2.63. The summed E-state index contributed by atoms with van der Waals surface area (Å²) in [4.78, 5) is 12.2. The van der Waals surface area contributed by atoms with Gasteiger partial charge >= 0.3 is 0 Å². The van der Waals surface area contributed by atoms with Gasteiger partial charge in [-0.3, -0.25) is 4.79 Å². The summed E-state index contributed by atoms with van der Waals surface area (Å²) in [6.45, 7) is 2.09. The SMILES string of the molecule is COc1cc(C=CC(=O)NCCNS(=O)(=O)c2ccc(C)cc2)cc(OC)c1OC. The Kier molecular flexibility index (Phi) is 8.25. The number of carbonyl (C=O) groups is 1. The van der Waals surface area contributed by atoms with Gasteiger partial charge in [0.2, 0.25) is 21.7 Å². The molecule has 0 aliphatic carbocycles. The first-order valence-corrected chi connectivity index (χ1v) is 10.6. The molecule has 0 heterocycles. The van der Waals surface area contributed by atoms with E-state index in [-0.39, 0.29) is 23.9 Å². The molecule has 2 N–H and O–H groups in total. The van der Waals surface area contributed by atoms with Crippen LogP contribution in [0.25, 0.3) is 6.08 Å². The second-order valence-corrected chi connectivity index (χ2v) is 8.06. The van der Waals surface area contributed by atoms with E-state index in [1.165, 1.54) is 39.5 Å². The van der Waals surface area contributed by atoms with Crippen molar-refractivity contribution >= 4 is 22.0 Å². The van der Waals surface area contributed by atoms with Crippen molar-refractivity contribution in [2.24, 2.45) is 0 Å². The zero-order valence-corrected chi connectivity index (χ0v) is 18.2. The van der Waals surface area contributed by atoms with Crippen LogP contribution in [0.2, 0.25) is 0 Å². The van der Waals surface area contributed by atoms with Crippen LogP contribution in [0.3, 0.4) is 0 Å². The second-order valence-electron chi connectivity index (χ2n) is 6.29. The number of sulfonamides is 1. The molecule has 162 valence electrons. The van der Waals surface area contributed by atoms with Gasteiger partial charge in [0.1, 0.15) is 0 Å². The number of benzene rings is 2. The van der Waals surface area contributed by atoms with Crippen molar-refractivity contribution in [1.82, 2.24) is 10.0 Å². The van der Waals surface area contributed by atoms with Crippen molar-refractivity contribution in [2.75, 3.05) is 34.4 Å². The van der Waals surface area contributed by atoms with Crippen molar-refractivity contribution < 1.29 is 27.4 Å². The highest BCUT2D eigenvalue weighted by Crippen LogP contribution is 2.38. The van der Waals surface area contributed by atoms with E-state index in [1.807, 2.05) is 6.92 Å². The van der Waals surface area contributed by atoms with Crippen molar-refractivity contribution in [1.29, 1.82) is 0 Å². The van der Waals surface area contributed by atoms with E-state index in [0.29, 0.717) is 22.8 Å². The van der Waals surface area contributed by atoms with Crippen LogP contribution in [0.4, 0.5) is 0 Å². The van der Waals surface area contributed by atoms with E-state index in [2.05, 4.69) is 10.0 Å². The lowest BCUT2D eigenvalue weighted by molar-refractivity contribution is -0.116. The Morgan fingerprint density at radius 1 is 0.967 bits per heavy atom. The molecule has 9 heteroatoms. The van der Waals surface area contributed by atoms with Gasteiger partial charge in [0.05, 0.1) is 26.2 Å². The molecule has 2 rings (SSSR count). The van der Waals surface area contributed by atoms with Gasteiger partial charge in [0, 0.05) is 19.2 Å². The van der Waals surface area contributed by atoms with Gasteiger partial charge in [-0.15, -0.1) is 0 Å². The molecular formula is C21H26N2O6S. The normalized spacial score (nSPS) is 11.3. The number of rotatable bonds is 10. The van der Waals surface area contributed by atoms with E-state index in [1.54, 1.807) is 30.3 Å². The molecular weight excluding hydrogens is 408 g/mol. The number of hydrogen-bond donors (Lipinski definition) is 2. The van der Waals surface area contributed by atoms with Crippen LogP contribution < -0.4 is 24.2 Å². The summed E-state index contributed by atoms with van der Waals surface area (Å²) >= 11 is 0. The minimum Gasteiger partial charge on any atom is -0.493 e. The second kappa shape index (κ2) is 10.7. The highest BCUT2D eigenvalue weighted by molar-refractivity contribution is 7.89. The minimum absolute atomic E-state index is 0.0694. The van der Waals surface area contributed by atoms with Gasteiger partial charge in [-0.25, -0.2) is 13.1 Å². The molecule has 0 aliphatic heterocycles. The monoisotopic (exact) mass is 434 g/mol. The summed E-state index contributed by atoms with van der Waals surface area (Å²) in [6.07, 6.45) is 2.94. The molecule has 2 aromatic carbocycles. The van der Waals surface area contributed by atoms with E-state index >= 15 is 0 Å². The summed E-state index contributed by atoms with van der Waals surface area (Å²) in [6, 6.07) is 9.95. The number of nitrogens with one attached hydrogen (secondary N) is 2. The van der Waals surface area contributed by atoms with E-state index in [0.717, 1.165) is 5.56 Å². The fourth-order valence-electron chi connectivity index (χ4n) is 2.60. The molecule has 0 spiro atoms. The average Bonchev–Trinajstić information content (AvgIpc) is 2.74. The predicted octanol–water partition coefficient (Wildman–Crippen LogP) is 2.13. The molecule has 8 nitrogen and oxygen atoms in total. The molecule has 30 heavy (non-hydrogen) atoms. The lowest BCUT2D eigenvalue weighted by Crippen LogP contribution is -2.34. The Labute approximate surface area is 176 Å². The maximum atomic E-state index is 12.2. The fourth-order valence-corrected chi connectivity index (χ4v) is 3.63. The van der Waals surface area contributed by atoms with Crippen molar-refractivity contribution in [2.45, 2.75) is 11.8 Å². The summed E-state index contributed by atoms with van der Waals surface area (Å²) in [5.74, 6) is 1.05. The van der Waals surface area contributed by atoms with Gasteiger partial charge < -0.3 is 19.5 Å². The maximum Gasteiger partial charge on any atom is 0.244 e. The highest BCUT2D eigenvalue weighted by Gasteiger charge is 2.13. The molecule has 0 atom stereocenters. The van der Waals surface area contributed by atoms with Crippen LogP contribution in [0.15, 0.2) is 47.4 Å². The third kappa shape index (κ3) is 6.23. The van der Waals surface area contributed by atoms with Crippen LogP contribution in [-0.2, 0) is 14.8 Å². The van der Waals surface area contributed by atoms with Crippen LogP contribution in [0.5, 0.6) is 17.2 Å². The Morgan fingerprint density at radius 2 is 1.57 bits per heavy atom. The van der Waals surface area contributed by atoms with Gasteiger partial charge in [-0.05, 0) is 42.8 Å². The third-order valence-electron chi connectivity index (χ3n) is 4.16. The number of aryl methyl sites for hydroxylation is 1. The predicted molar refractivity (Wildman–Crippen MR) is 115 cm³/mol.